The number of likely N-dealkylation sites (tertiary alicyclic amines) is 3. The molecule has 6 aromatic carbocycles. The van der Waals surface area contributed by atoms with E-state index in [0.717, 1.165) is 111 Å². The molecular weight excluding hydrogens is 1370 g/mol. The number of imidazole rings is 3. The number of methoxy groups -OCH3 is 2. The van der Waals surface area contributed by atoms with E-state index in [0.29, 0.717) is 68.5 Å². The Balaban J connectivity index is 0.000000143. The van der Waals surface area contributed by atoms with E-state index in [4.69, 9.17) is 38.6 Å². The molecule has 12 aromatic rings. The van der Waals surface area contributed by atoms with E-state index in [-0.39, 0.29) is 70.0 Å². The van der Waals surface area contributed by atoms with Crippen LogP contribution in [0.2, 0.25) is 0 Å². The van der Waals surface area contributed by atoms with Crippen molar-refractivity contribution in [3.63, 3.8) is 0 Å². The molecule has 6 aromatic heterocycles. The van der Waals surface area contributed by atoms with Gasteiger partial charge < -0.3 is 38.4 Å². The van der Waals surface area contributed by atoms with Crippen LogP contribution in [-0.4, -0.2) is 129 Å². The Hall–Kier alpha value is -12.8. The molecule has 0 aliphatic carbocycles. The number of aromatic nitrogens is 9. The lowest BCUT2D eigenvalue weighted by Crippen LogP contribution is -2.39. The molecule has 0 spiro atoms. The topological polar surface area (TPSA) is 198 Å². The largest absolute Gasteiger partial charge is 0.494 e. The monoisotopic (exact) mass is 1450 g/mol. The summed E-state index contributed by atoms with van der Waals surface area (Å²) in [7, 11) is 2.83. The fourth-order valence-corrected chi connectivity index (χ4v) is 14.1. The zero-order chi connectivity index (χ0) is 75.7. The van der Waals surface area contributed by atoms with Crippen molar-refractivity contribution in [2.24, 2.45) is 0 Å². The van der Waals surface area contributed by atoms with Gasteiger partial charge in [-0.2, -0.15) is 8.78 Å². The van der Waals surface area contributed by atoms with Gasteiger partial charge in [-0.05, 0) is 193 Å². The molecule has 3 atom stereocenters. The Labute approximate surface area is 623 Å². The van der Waals surface area contributed by atoms with Crippen molar-refractivity contribution in [1.82, 2.24) is 57.8 Å². The lowest BCUT2D eigenvalue weighted by Gasteiger charge is -2.31. The summed E-state index contributed by atoms with van der Waals surface area (Å²) in [5.74, 6) is 14.1. The molecular formula is C85H79F3N12O8. The predicted octanol–water partition coefficient (Wildman–Crippen LogP) is 16.1. The van der Waals surface area contributed by atoms with Crippen LogP contribution in [0.5, 0.6) is 46.0 Å². The zero-order valence-corrected chi connectivity index (χ0v) is 61.1. The number of carbonyl (C=O) groups excluding carboxylic acids is 3. The first-order chi connectivity index (χ1) is 52.5. The maximum atomic E-state index is 14.6. The summed E-state index contributed by atoms with van der Waals surface area (Å²) >= 11 is 0. The number of carbonyl (C=O) groups is 3. The molecule has 3 saturated heterocycles. The summed E-state index contributed by atoms with van der Waals surface area (Å²) in [6.07, 6.45) is 16.3. The molecule has 20 nitrogen and oxygen atoms in total. The Kier molecular flexibility index (Phi) is 22.3. The van der Waals surface area contributed by atoms with Gasteiger partial charge in [-0.1, -0.05) is 49.6 Å². The van der Waals surface area contributed by atoms with Gasteiger partial charge in [0.15, 0.2) is 34.6 Å². The Morgan fingerprint density at radius 3 is 1.20 bits per heavy atom. The van der Waals surface area contributed by atoms with Crippen molar-refractivity contribution in [3.8, 4) is 103 Å². The highest BCUT2D eigenvalue weighted by Gasteiger charge is 2.34. The van der Waals surface area contributed by atoms with Gasteiger partial charge in [0.25, 0.3) is 11.8 Å². The van der Waals surface area contributed by atoms with Crippen molar-refractivity contribution >= 4 is 34.3 Å². The Morgan fingerprint density at radius 2 is 0.824 bits per heavy atom. The lowest BCUT2D eigenvalue weighted by atomic mass is 9.97. The number of piperidine rings is 1. The highest BCUT2D eigenvalue weighted by atomic mass is 19.1. The normalized spacial score (nSPS) is 15.2. The van der Waals surface area contributed by atoms with Crippen LogP contribution in [0.15, 0.2) is 177 Å². The molecule has 9 heterocycles. The third-order valence-electron chi connectivity index (χ3n) is 19.5. The van der Waals surface area contributed by atoms with Crippen LogP contribution in [-0.2, 0) is 20.8 Å². The van der Waals surface area contributed by atoms with Crippen molar-refractivity contribution in [2.75, 3.05) is 53.5 Å². The first kappa shape index (κ1) is 73.5. The third kappa shape index (κ3) is 15.4. The molecule has 0 N–H and O–H groups in total. The summed E-state index contributed by atoms with van der Waals surface area (Å²) in [4.78, 5) is 70.5. The fraction of sp³-hybridized carbons (Fsp3) is 0.259. The van der Waals surface area contributed by atoms with Crippen LogP contribution in [0.1, 0.15) is 104 Å². The minimum absolute atomic E-state index is 0.0523. The number of hydrogen-bond donors (Lipinski definition) is 0. The second-order valence-electron chi connectivity index (χ2n) is 26.3. The standard InChI is InChI=1S/C29H27FN4O3.C28H25FN4O3.C28H27FN4O2/c1-4-7-26(35)33-15-6-8-21(18-33)29-32-28(23-17-31-16-19(2)34(23)29)20-11-13-22(14-12-20)37-25-10-5-9-24(36-3)27(25)30;1-4-6-25(34)32-14-13-20(17-32)28-31-27(22-16-30-15-18(2)33(22)28)19-9-11-21(12-10-19)36-24-8-5-7-23(35-3)26(24)29;1-4-19-7-6-8-24(26(19)29)35-22-11-9-20(10-12-22)27-23-16-30-15-18(3)33(23)28(31-27)21-13-14-32(17-21)25(34)5-2/h5,9-14,16-17,21H,6,8,15,18H2,1-3H3;5,7-12,15-16,20H,13-14,17H2,1-3H3;5-12,15-16,21H,2,4,13-14,17H2,1,3H3/t21-;20-;21-/m111/s1. The minimum Gasteiger partial charge on any atom is -0.494 e. The lowest BCUT2D eigenvalue weighted by molar-refractivity contribution is -0.126. The van der Waals surface area contributed by atoms with Crippen molar-refractivity contribution in [1.29, 1.82) is 0 Å². The maximum absolute atomic E-state index is 14.6. The minimum atomic E-state index is -0.552. The summed E-state index contributed by atoms with van der Waals surface area (Å²) in [6, 6.07) is 36.9. The molecule has 548 valence electrons. The van der Waals surface area contributed by atoms with Gasteiger partial charge >= 0.3 is 0 Å². The number of amides is 3. The van der Waals surface area contributed by atoms with E-state index < -0.39 is 11.6 Å². The Bertz CT molecular complexity index is 5500. The molecule has 0 bridgehead atoms. The number of halogens is 3. The van der Waals surface area contributed by atoms with Gasteiger partial charge in [-0.25, -0.2) is 19.3 Å². The highest BCUT2D eigenvalue weighted by Crippen LogP contribution is 2.40. The van der Waals surface area contributed by atoms with Gasteiger partial charge in [0.1, 0.15) is 34.7 Å². The summed E-state index contributed by atoms with van der Waals surface area (Å²) in [5, 5.41) is 0. The van der Waals surface area contributed by atoms with Gasteiger partial charge in [-0.15, -0.1) is 0 Å². The maximum Gasteiger partial charge on any atom is 0.298 e. The van der Waals surface area contributed by atoms with E-state index >= 15 is 0 Å². The number of ether oxygens (including phenoxy) is 5. The number of nitrogens with zero attached hydrogens (tertiary/aromatic N) is 12. The second-order valence-corrected chi connectivity index (χ2v) is 26.3. The molecule has 0 radical (unpaired) electrons. The van der Waals surface area contributed by atoms with E-state index in [2.05, 4.69) is 58.4 Å². The summed E-state index contributed by atoms with van der Waals surface area (Å²) in [5.41, 5.74) is 11.3. The number of fused-ring (bicyclic) bond motifs is 3. The van der Waals surface area contributed by atoms with Crippen LogP contribution >= 0.6 is 0 Å². The van der Waals surface area contributed by atoms with E-state index in [1.165, 1.54) is 20.3 Å². The number of hydrogen-bond acceptors (Lipinski definition) is 14. The van der Waals surface area contributed by atoms with E-state index in [1.54, 1.807) is 104 Å². The molecule has 3 aliphatic heterocycles. The van der Waals surface area contributed by atoms with Gasteiger partial charge in [0.2, 0.25) is 17.5 Å². The third-order valence-corrected chi connectivity index (χ3v) is 19.5. The smallest absolute Gasteiger partial charge is 0.298 e. The summed E-state index contributed by atoms with van der Waals surface area (Å²) < 4.78 is 77.4. The fourth-order valence-electron chi connectivity index (χ4n) is 14.1. The average Bonchev–Trinajstić information content (AvgIpc) is 1.62. The van der Waals surface area contributed by atoms with Crippen LogP contribution in [0.25, 0.3) is 50.3 Å². The van der Waals surface area contributed by atoms with Crippen LogP contribution in [0.3, 0.4) is 0 Å². The number of aryl methyl sites for hydroxylation is 4. The SMILES string of the molecule is C=CC(=O)N1CC[C@@H](c2nc(-c3ccc(Oc4cccc(CC)c4F)cc3)c3cncc(C)n23)C1.CC#CC(=O)N1CCC[C@@H](c2nc(-c3ccc(Oc4cccc(OC)c4F)cc3)c3cncc(C)n23)C1.CC#CC(=O)N1CC[C@@H](c2nc(-c3ccc(Oc4cccc(OC)c4F)cc3)c3cncc(C)n23)C1. The Morgan fingerprint density at radius 1 is 0.472 bits per heavy atom. The number of benzene rings is 6. The van der Waals surface area contributed by atoms with Gasteiger partial charge in [0, 0.05) is 109 Å². The average molecular weight is 1450 g/mol. The number of rotatable bonds is 16. The predicted molar refractivity (Wildman–Crippen MR) is 405 cm³/mol. The van der Waals surface area contributed by atoms with Crippen molar-refractivity contribution in [3.05, 3.63) is 235 Å². The van der Waals surface area contributed by atoms with Crippen LogP contribution < -0.4 is 23.7 Å². The van der Waals surface area contributed by atoms with E-state index in [1.807, 2.05) is 117 Å². The molecule has 15 rings (SSSR count). The molecule has 3 amide bonds. The van der Waals surface area contributed by atoms with E-state index in [9.17, 15) is 27.6 Å². The molecule has 0 saturated carbocycles. The molecule has 3 aliphatic rings. The van der Waals surface area contributed by atoms with Crippen molar-refractivity contribution < 1.29 is 51.2 Å². The first-order valence-corrected chi connectivity index (χ1v) is 35.6. The molecule has 3 fully saturated rings. The summed E-state index contributed by atoms with van der Waals surface area (Å²) in [6.45, 7) is 18.7. The molecule has 23 heteroatoms. The zero-order valence-electron chi connectivity index (χ0n) is 61.1. The first-order valence-electron chi connectivity index (χ1n) is 35.6. The van der Waals surface area contributed by atoms with Crippen molar-refractivity contribution in [2.45, 2.75) is 91.4 Å². The second kappa shape index (κ2) is 32.7. The van der Waals surface area contributed by atoms with Gasteiger partial charge in [0.05, 0.1) is 66.4 Å². The quantitative estimate of drug-likeness (QED) is 0.0654. The van der Waals surface area contributed by atoms with Gasteiger partial charge in [-0.3, -0.25) is 42.5 Å². The van der Waals surface area contributed by atoms with Crippen LogP contribution in [0.4, 0.5) is 13.2 Å². The van der Waals surface area contributed by atoms with Crippen LogP contribution in [0, 0.1) is 61.9 Å². The molecule has 108 heavy (non-hydrogen) atoms. The highest BCUT2D eigenvalue weighted by molar-refractivity contribution is 5.94. The molecule has 0 unspecified atom stereocenters.